The zero-order chi connectivity index (χ0) is 24.8. The number of nitrogens with one attached hydrogen (secondary N) is 1. The third kappa shape index (κ3) is 4.73. The molecule has 0 spiro atoms. The Balaban J connectivity index is 1.98. The normalized spacial score (nSPS) is 16.9. The van der Waals surface area contributed by atoms with Gasteiger partial charge in [0.1, 0.15) is 11.5 Å². The van der Waals surface area contributed by atoms with Crippen molar-refractivity contribution in [1.82, 2.24) is 19.7 Å². The van der Waals surface area contributed by atoms with E-state index in [4.69, 9.17) is 27.9 Å². The Morgan fingerprint density at radius 2 is 1.76 bits per heavy atom. The van der Waals surface area contributed by atoms with Crippen molar-refractivity contribution in [1.29, 1.82) is 0 Å². The van der Waals surface area contributed by atoms with Crippen LogP contribution in [0.5, 0.6) is 0 Å². The van der Waals surface area contributed by atoms with Crippen molar-refractivity contribution >= 4 is 40.1 Å². The van der Waals surface area contributed by atoms with Crippen molar-refractivity contribution in [3.63, 3.8) is 0 Å². The Morgan fingerprint density at radius 1 is 1.09 bits per heavy atom. The van der Waals surface area contributed by atoms with Gasteiger partial charge in [-0.05, 0) is 18.6 Å². The van der Waals surface area contributed by atoms with Gasteiger partial charge >= 0.3 is 6.18 Å². The molecule has 184 valence electrons. The van der Waals surface area contributed by atoms with Crippen LogP contribution in [0.2, 0.25) is 10.0 Å². The maximum atomic E-state index is 13.8. The molecule has 1 unspecified atom stereocenters. The molecule has 1 aliphatic rings. The monoisotopic (exact) mass is 531 g/mol. The molecule has 2 aromatic heterocycles. The quantitative estimate of drug-likeness (QED) is 0.369. The summed E-state index contributed by atoms with van der Waals surface area (Å²) in [5.41, 5.74) is -3.10. The third-order valence-corrected chi connectivity index (χ3v) is 5.68. The smallest absolute Gasteiger partial charge is 0.381 e. The summed E-state index contributed by atoms with van der Waals surface area (Å²) in [7, 11) is 0. The molecule has 15 heteroatoms. The average molecular weight is 532 g/mol. The van der Waals surface area contributed by atoms with Crippen LogP contribution >= 0.6 is 23.2 Å². The average Bonchev–Trinajstić information content (AvgIpc) is 3.37. The van der Waals surface area contributed by atoms with E-state index in [0.29, 0.717) is 19.6 Å². The van der Waals surface area contributed by atoms with E-state index in [-0.39, 0.29) is 34.0 Å². The molecule has 3 aromatic rings. The second kappa shape index (κ2) is 9.34. The highest BCUT2D eigenvalue weighted by Gasteiger charge is 2.39. The number of fused-ring (bicyclic) bond motifs is 1. The molecule has 1 aliphatic heterocycles. The highest BCUT2D eigenvalue weighted by Crippen LogP contribution is 2.41. The summed E-state index contributed by atoms with van der Waals surface area (Å²) in [5.74, 6) is -1.77. The number of aromatic nitrogens is 4. The van der Waals surface area contributed by atoms with Crippen molar-refractivity contribution in [2.24, 2.45) is 5.92 Å². The van der Waals surface area contributed by atoms with E-state index in [1.54, 1.807) is 0 Å². The molecule has 0 saturated carbocycles. The Kier molecular flexibility index (Phi) is 6.80. The summed E-state index contributed by atoms with van der Waals surface area (Å²) < 4.78 is 100. The summed E-state index contributed by atoms with van der Waals surface area (Å²) in [6.07, 6.45) is -10.8. The molecule has 0 bridgehead atoms. The van der Waals surface area contributed by atoms with E-state index in [1.807, 2.05) is 0 Å². The highest BCUT2D eigenvalue weighted by molar-refractivity contribution is 6.38. The number of halogens is 9. The molecule has 34 heavy (non-hydrogen) atoms. The number of ether oxygens (including phenoxy) is 1. The first kappa shape index (κ1) is 24.7. The lowest BCUT2D eigenvalue weighted by Gasteiger charge is -2.16. The molecule has 1 saturated heterocycles. The van der Waals surface area contributed by atoms with Crippen molar-refractivity contribution in [3.05, 3.63) is 39.3 Å². The second-order valence-electron chi connectivity index (χ2n) is 7.43. The molecular weight excluding hydrogens is 518 g/mol. The zero-order valence-corrected chi connectivity index (χ0v) is 18.3. The molecule has 1 aromatic carbocycles. The molecule has 1 N–H and O–H groups in total. The molecule has 0 radical (unpaired) electrons. The van der Waals surface area contributed by atoms with E-state index in [1.165, 1.54) is 0 Å². The van der Waals surface area contributed by atoms with Gasteiger partial charge in [0.25, 0.3) is 12.9 Å². The minimum atomic E-state index is -5.14. The van der Waals surface area contributed by atoms with Gasteiger partial charge in [-0.2, -0.15) is 13.2 Å². The zero-order valence-electron chi connectivity index (χ0n) is 16.8. The van der Waals surface area contributed by atoms with Gasteiger partial charge in [-0.3, -0.25) is 0 Å². The maximum Gasteiger partial charge on any atom is 0.434 e. The summed E-state index contributed by atoms with van der Waals surface area (Å²) >= 11 is 12.3. The molecule has 0 amide bonds. The molecule has 4 rings (SSSR count). The predicted molar refractivity (Wildman–Crippen MR) is 109 cm³/mol. The van der Waals surface area contributed by atoms with Crippen molar-refractivity contribution in [3.8, 4) is 5.69 Å². The summed E-state index contributed by atoms with van der Waals surface area (Å²) in [5, 5.41) is 5.35. The van der Waals surface area contributed by atoms with E-state index in [2.05, 4.69) is 20.4 Å². The van der Waals surface area contributed by atoms with Gasteiger partial charge in [0.15, 0.2) is 17.2 Å². The number of hydrogen-bond acceptors (Lipinski definition) is 5. The van der Waals surface area contributed by atoms with Gasteiger partial charge < -0.3 is 10.1 Å². The standard InChI is InChI=1S/C19H14Cl2F7N5O/c20-9-3-8(14(22)23)4-10(21)12(9)33-18(29-5-7-1-2-34-6-7)11-13(19(26,27)28)30-17(15(24)25)31-16(11)32-33/h3-4,7,14-15,29H,1-2,5-6H2. The Labute approximate surface area is 197 Å². The SMILES string of the molecule is FC(F)c1cc(Cl)c(-n2nc3nc(C(F)F)nc(C(F)(F)F)c3c2NCC2CCOC2)c(Cl)c1. The van der Waals surface area contributed by atoms with Gasteiger partial charge in [0.05, 0.1) is 22.0 Å². The Hall–Kier alpha value is -2.38. The highest BCUT2D eigenvalue weighted by atomic mass is 35.5. The van der Waals surface area contributed by atoms with E-state index in [9.17, 15) is 30.7 Å². The van der Waals surface area contributed by atoms with Crippen LogP contribution in [0, 0.1) is 5.92 Å². The third-order valence-electron chi connectivity index (χ3n) is 5.10. The summed E-state index contributed by atoms with van der Waals surface area (Å²) in [4.78, 5) is 6.51. The molecule has 0 aliphatic carbocycles. The second-order valence-corrected chi connectivity index (χ2v) is 8.25. The first-order valence-corrected chi connectivity index (χ1v) is 10.5. The van der Waals surface area contributed by atoms with Crippen LogP contribution < -0.4 is 5.32 Å². The fourth-order valence-electron chi connectivity index (χ4n) is 3.53. The van der Waals surface area contributed by atoms with E-state index < -0.39 is 47.1 Å². The number of rotatable bonds is 6. The van der Waals surface area contributed by atoms with Crippen LogP contribution in [-0.4, -0.2) is 39.5 Å². The minimum absolute atomic E-state index is 0.0684. The lowest BCUT2D eigenvalue weighted by molar-refractivity contribution is -0.140. The topological polar surface area (TPSA) is 64.9 Å². The van der Waals surface area contributed by atoms with Crippen LogP contribution in [0.4, 0.5) is 36.6 Å². The minimum Gasteiger partial charge on any atom is -0.381 e. The predicted octanol–water partition coefficient (Wildman–Crippen LogP) is 6.46. The van der Waals surface area contributed by atoms with E-state index in [0.717, 1.165) is 16.8 Å². The van der Waals surface area contributed by atoms with Gasteiger partial charge in [-0.15, -0.1) is 5.10 Å². The number of hydrogen-bond donors (Lipinski definition) is 1. The van der Waals surface area contributed by atoms with Crippen molar-refractivity contribution in [2.75, 3.05) is 25.1 Å². The van der Waals surface area contributed by atoms with Gasteiger partial charge in [0.2, 0.25) is 0 Å². The largest absolute Gasteiger partial charge is 0.434 e. The Bertz CT molecular complexity index is 1190. The number of nitrogens with zero attached hydrogens (tertiary/aromatic N) is 4. The van der Waals surface area contributed by atoms with Gasteiger partial charge in [-0.1, -0.05) is 23.2 Å². The van der Waals surface area contributed by atoms with Crippen LogP contribution in [0.25, 0.3) is 16.7 Å². The van der Waals surface area contributed by atoms with Gasteiger partial charge in [-0.25, -0.2) is 32.2 Å². The van der Waals surface area contributed by atoms with Crippen molar-refractivity contribution in [2.45, 2.75) is 25.4 Å². The molecular formula is C19H14Cl2F7N5O. The fourth-order valence-corrected chi connectivity index (χ4v) is 4.20. The molecule has 6 nitrogen and oxygen atoms in total. The molecule has 3 heterocycles. The maximum absolute atomic E-state index is 13.8. The summed E-state index contributed by atoms with van der Waals surface area (Å²) in [6.45, 7) is 0.939. The number of alkyl halides is 7. The lowest BCUT2D eigenvalue weighted by atomic mass is 10.1. The van der Waals surface area contributed by atoms with Crippen molar-refractivity contribution < 1.29 is 35.5 Å². The van der Waals surface area contributed by atoms with Gasteiger partial charge in [0, 0.05) is 24.6 Å². The first-order chi connectivity index (χ1) is 16.0. The van der Waals surface area contributed by atoms with Crippen LogP contribution in [0.1, 0.15) is 36.4 Å². The van der Waals surface area contributed by atoms with Crippen LogP contribution in [0.15, 0.2) is 12.1 Å². The molecule has 1 fully saturated rings. The van der Waals surface area contributed by atoms with Crippen LogP contribution in [0.3, 0.4) is 0 Å². The van der Waals surface area contributed by atoms with Crippen LogP contribution in [-0.2, 0) is 10.9 Å². The molecule has 1 atom stereocenters. The Morgan fingerprint density at radius 3 is 2.29 bits per heavy atom. The summed E-state index contributed by atoms with van der Waals surface area (Å²) in [6, 6.07) is 1.77. The lowest BCUT2D eigenvalue weighted by Crippen LogP contribution is -2.18. The van der Waals surface area contributed by atoms with E-state index >= 15 is 0 Å². The first-order valence-electron chi connectivity index (χ1n) is 9.72. The fraction of sp³-hybridized carbons (Fsp3) is 0.421. The number of anilines is 1. The number of benzene rings is 1.